The Morgan fingerprint density at radius 3 is 3.06 bits per heavy atom. The van der Waals surface area contributed by atoms with Crippen molar-refractivity contribution in [3.63, 3.8) is 0 Å². The SMILES string of the molecule is CC1CCOC1C(=O)NCCc1n[nH]c(=S)n1C. The average molecular weight is 270 g/mol. The summed E-state index contributed by atoms with van der Waals surface area (Å²) in [6.07, 6.45) is 1.30. The van der Waals surface area contributed by atoms with Crippen molar-refractivity contribution >= 4 is 18.1 Å². The summed E-state index contributed by atoms with van der Waals surface area (Å²) in [6, 6.07) is 0. The van der Waals surface area contributed by atoms with Gasteiger partial charge in [-0.15, -0.1) is 0 Å². The monoisotopic (exact) mass is 270 g/mol. The van der Waals surface area contributed by atoms with Gasteiger partial charge in [0.25, 0.3) is 0 Å². The quantitative estimate of drug-likeness (QED) is 0.784. The highest BCUT2D eigenvalue weighted by atomic mass is 32.1. The van der Waals surface area contributed by atoms with E-state index in [2.05, 4.69) is 15.5 Å². The molecule has 0 spiro atoms. The lowest BCUT2D eigenvalue weighted by Crippen LogP contribution is -2.38. The fourth-order valence-corrected chi connectivity index (χ4v) is 2.18. The summed E-state index contributed by atoms with van der Waals surface area (Å²) in [5.74, 6) is 1.10. The van der Waals surface area contributed by atoms with Gasteiger partial charge >= 0.3 is 0 Å². The van der Waals surface area contributed by atoms with Crippen molar-refractivity contribution in [3.8, 4) is 0 Å². The third-order valence-electron chi connectivity index (χ3n) is 3.27. The summed E-state index contributed by atoms with van der Waals surface area (Å²) in [4.78, 5) is 11.8. The molecule has 2 unspecified atom stereocenters. The highest BCUT2D eigenvalue weighted by molar-refractivity contribution is 7.71. The summed E-state index contributed by atoms with van der Waals surface area (Å²) in [7, 11) is 1.85. The average Bonchev–Trinajstić information content (AvgIpc) is 2.89. The predicted molar refractivity (Wildman–Crippen MR) is 68.6 cm³/mol. The van der Waals surface area contributed by atoms with E-state index in [0.29, 0.717) is 30.3 Å². The van der Waals surface area contributed by atoms with Gasteiger partial charge in [-0.1, -0.05) is 6.92 Å². The Balaban J connectivity index is 1.80. The largest absolute Gasteiger partial charge is 0.368 e. The number of amides is 1. The summed E-state index contributed by atoms with van der Waals surface area (Å²) in [5, 5.41) is 9.68. The van der Waals surface area contributed by atoms with Crippen molar-refractivity contribution in [2.45, 2.75) is 25.9 Å². The van der Waals surface area contributed by atoms with E-state index in [1.165, 1.54) is 0 Å². The van der Waals surface area contributed by atoms with Crippen LogP contribution >= 0.6 is 12.2 Å². The Bertz CT molecular complexity index is 482. The molecule has 7 heteroatoms. The van der Waals surface area contributed by atoms with E-state index >= 15 is 0 Å². The first-order valence-corrected chi connectivity index (χ1v) is 6.50. The minimum Gasteiger partial charge on any atom is -0.368 e. The molecule has 18 heavy (non-hydrogen) atoms. The van der Waals surface area contributed by atoms with Crippen LogP contribution in [0.25, 0.3) is 0 Å². The van der Waals surface area contributed by atoms with Crippen molar-refractivity contribution < 1.29 is 9.53 Å². The van der Waals surface area contributed by atoms with E-state index in [0.717, 1.165) is 12.2 Å². The molecule has 1 saturated heterocycles. The zero-order valence-electron chi connectivity index (χ0n) is 10.6. The van der Waals surface area contributed by atoms with Gasteiger partial charge in [0.1, 0.15) is 11.9 Å². The number of carbonyl (C=O) groups excluding carboxylic acids is 1. The summed E-state index contributed by atoms with van der Waals surface area (Å²) in [5.41, 5.74) is 0. The molecule has 2 heterocycles. The fourth-order valence-electron chi connectivity index (χ4n) is 2.03. The van der Waals surface area contributed by atoms with Crippen LogP contribution in [-0.4, -0.2) is 39.9 Å². The van der Waals surface area contributed by atoms with Gasteiger partial charge in [-0.2, -0.15) is 5.10 Å². The molecule has 2 N–H and O–H groups in total. The third-order valence-corrected chi connectivity index (χ3v) is 3.63. The van der Waals surface area contributed by atoms with Gasteiger partial charge in [0, 0.05) is 26.6 Å². The fraction of sp³-hybridized carbons (Fsp3) is 0.727. The molecule has 6 nitrogen and oxygen atoms in total. The van der Waals surface area contributed by atoms with Crippen molar-refractivity contribution in [2.24, 2.45) is 13.0 Å². The molecule has 0 aliphatic carbocycles. The molecular formula is C11H18N4O2S. The molecular weight excluding hydrogens is 252 g/mol. The first-order chi connectivity index (χ1) is 8.59. The number of ether oxygens (including phenoxy) is 1. The predicted octanol–water partition coefficient (Wildman–Crippen LogP) is 0.561. The number of nitrogens with zero attached hydrogens (tertiary/aromatic N) is 2. The number of nitrogens with one attached hydrogen (secondary N) is 2. The zero-order valence-corrected chi connectivity index (χ0v) is 11.4. The molecule has 1 aliphatic heterocycles. The number of rotatable bonds is 4. The van der Waals surface area contributed by atoms with E-state index in [-0.39, 0.29) is 12.0 Å². The van der Waals surface area contributed by atoms with Crippen LogP contribution in [0.1, 0.15) is 19.2 Å². The number of hydrogen-bond donors (Lipinski definition) is 2. The Morgan fingerprint density at radius 1 is 1.72 bits per heavy atom. The third kappa shape index (κ3) is 2.78. The molecule has 1 fully saturated rings. The number of aromatic amines is 1. The van der Waals surface area contributed by atoms with E-state index in [9.17, 15) is 4.79 Å². The second-order valence-electron chi connectivity index (χ2n) is 4.60. The van der Waals surface area contributed by atoms with Crippen LogP contribution in [0.3, 0.4) is 0 Å². The highest BCUT2D eigenvalue weighted by Gasteiger charge is 2.30. The van der Waals surface area contributed by atoms with Crippen molar-refractivity contribution in [2.75, 3.05) is 13.2 Å². The smallest absolute Gasteiger partial charge is 0.249 e. The first-order valence-electron chi connectivity index (χ1n) is 6.09. The van der Waals surface area contributed by atoms with Crippen molar-refractivity contribution in [1.82, 2.24) is 20.1 Å². The van der Waals surface area contributed by atoms with Crippen LogP contribution in [0.5, 0.6) is 0 Å². The normalized spacial score (nSPS) is 23.2. The van der Waals surface area contributed by atoms with Crippen LogP contribution in [-0.2, 0) is 23.0 Å². The maximum absolute atomic E-state index is 11.8. The lowest BCUT2D eigenvalue weighted by Gasteiger charge is -2.14. The Kier molecular flexibility index (Phi) is 4.13. The molecule has 0 radical (unpaired) electrons. The maximum Gasteiger partial charge on any atom is 0.249 e. The van der Waals surface area contributed by atoms with Gasteiger partial charge in [0.2, 0.25) is 5.91 Å². The minimum absolute atomic E-state index is 0.0308. The Hall–Kier alpha value is -1.21. The molecule has 1 amide bonds. The topological polar surface area (TPSA) is 71.9 Å². The molecule has 1 aromatic rings. The zero-order chi connectivity index (χ0) is 13.1. The van der Waals surface area contributed by atoms with E-state index in [1.807, 2.05) is 14.0 Å². The van der Waals surface area contributed by atoms with Crippen LogP contribution in [0.4, 0.5) is 0 Å². The first kappa shape index (κ1) is 13.2. The molecule has 2 rings (SSSR count). The van der Waals surface area contributed by atoms with Gasteiger partial charge in [0.05, 0.1) is 0 Å². The molecule has 0 bridgehead atoms. The van der Waals surface area contributed by atoms with Crippen LogP contribution in [0, 0.1) is 10.7 Å². The molecule has 2 atom stereocenters. The lowest BCUT2D eigenvalue weighted by molar-refractivity contribution is -0.131. The maximum atomic E-state index is 11.8. The standard InChI is InChI=1S/C11H18N4O2S/c1-7-4-6-17-9(7)10(16)12-5-3-8-13-14-11(18)15(8)2/h7,9H,3-6H2,1-2H3,(H,12,16)(H,14,18). The summed E-state index contributed by atoms with van der Waals surface area (Å²) < 4.78 is 7.79. The highest BCUT2D eigenvalue weighted by Crippen LogP contribution is 2.19. The van der Waals surface area contributed by atoms with Crippen LogP contribution < -0.4 is 5.32 Å². The Morgan fingerprint density at radius 2 is 2.50 bits per heavy atom. The molecule has 100 valence electrons. The van der Waals surface area contributed by atoms with Gasteiger partial charge in [-0.05, 0) is 24.6 Å². The van der Waals surface area contributed by atoms with E-state index in [1.54, 1.807) is 4.57 Å². The molecule has 1 aromatic heterocycles. The van der Waals surface area contributed by atoms with Gasteiger partial charge in [-0.3, -0.25) is 9.89 Å². The molecule has 1 aliphatic rings. The van der Waals surface area contributed by atoms with Crippen molar-refractivity contribution in [1.29, 1.82) is 0 Å². The Labute approximate surface area is 111 Å². The van der Waals surface area contributed by atoms with Crippen LogP contribution in [0.2, 0.25) is 0 Å². The second kappa shape index (κ2) is 5.62. The molecule has 0 saturated carbocycles. The van der Waals surface area contributed by atoms with E-state index < -0.39 is 0 Å². The summed E-state index contributed by atoms with van der Waals surface area (Å²) in [6.45, 7) is 3.25. The van der Waals surface area contributed by atoms with Crippen LogP contribution in [0.15, 0.2) is 0 Å². The van der Waals surface area contributed by atoms with Gasteiger partial charge in [0.15, 0.2) is 4.77 Å². The lowest BCUT2D eigenvalue weighted by atomic mass is 10.0. The number of hydrogen-bond acceptors (Lipinski definition) is 4. The second-order valence-corrected chi connectivity index (χ2v) is 4.99. The summed E-state index contributed by atoms with van der Waals surface area (Å²) >= 11 is 5.02. The van der Waals surface area contributed by atoms with Gasteiger partial charge in [-0.25, -0.2) is 0 Å². The number of H-pyrrole nitrogens is 1. The number of aromatic nitrogens is 3. The minimum atomic E-state index is -0.299. The van der Waals surface area contributed by atoms with E-state index in [4.69, 9.17) is 17.0 Å². The van der Waals surface area contributed by atoms with Gasteiger partial charge < -0.3 is 14.6 Å². The molecule has 0 aromatic carbocycles. The van der Waals surface area contributed by atoms with Crippen molar-refractivity contribution in [3.05, 3.63) is 10.6 Å². The number of carbonyl (C=O) groups is 1.